The van der Waals surface area contributed by atoms with Crippen LogP contribution in [0.2, 0.25) is 0 Å². The number of carbonyl (C=O) groups is 4. The molecule has 2 N–H and O–H groups in total. The van der Waals surface area contributed by atoms with Crippen LogP contribution in [0.5, 0.6) is 0 Å². The SMILES string of the molecule is C[C@@H](NC(=O)C(F)F)[C@H]1C(=O)N[C@@H]1[C@@H](C)C(=O)C(=[N+]=[N-])C(=O)OCc1ccc([N+](=O)[O-])cc1. The van der Waals surface area contributed by atoms with E-state index in [-0.39, 0.29) is 12.3 Å². The van der Waals surface area contributed by atoms with Crippen LogP contribution in [0.3, 0.4) is 0 Å². The first kappa shape index (κ1) is 25.2. The number of non-ortho nitro benzene ring substituents is 1. The number of alkyl halides is 2. The van der Waals surface area contributed by atoms with Crippen LogP contribution in [0.1, 0.15) is 19.4 Å². The number of hydrogen-bond acceptors (Lipinski definition) is 7. The highest BCUT2D eigenvalue weighted by atomic mass is 19.3. The van der Waals surface area contributed by atoms with Crippen LogP contribution in [-0.4, -0.2) is 57.5 Å². The first-order chi connectivity index (χ1) is 15.5. The van der Waals surface area contributed by atoms with E-state index in [0.29, 0.717) is 5.56 Å². The lowest BCUT2D eigenvalue weighted by Gasteiger charge is -2.42. The van der Waals surface area contributed by atoms with Gasteiger partial charge in [-0.15, -0.1) is 0 Å². The van der Waals surface area contributed by atoms with E-state index >= 15 is 0 Å². The summed E-state index contributed by atoms with van der Waals surface area (Å²) in [7, 11) is 0. The second-order valence-electron chi connectivity index (χ2n) is 7.26. The summed E-state index contributed by atoms with van der Waals surface area (Å²) in [6.45, 7) is 2.25. The normalized spacial score (nSPS) is 18.8. The van der Waals surface area contributed by atoms with E-state index in [0.717, 1.165) is 0 Å². The van der Waals surface area contributed by atoms with Gasteiger partial charge in [0.1, 0.15) is 6.61 Å². The zero-order chi connectivity index (χ0) is 24.9. The highest BCUT2D eigenvalue weighted by Crippen LogP contribution is 2.26. The summed E-state index contributed by atoms with van der Waals surface area (Å²) in [5.74, 6) is -6.61. The van der Waals surface area contributed by atoms with Crippen molar-refractivity contribution in [2.75, 3.05) is 0 Å². The number of amides is 2. The third-order valence-electron chi connectivity index (χ3n) is 5.10. The summed E-state index contributed by atoms with van der Waals surface area (Å²) in [5.41, 5.74) is 8.37. The van der Waals surface area contributed by atoms with Gasteiger partial charge < -0.3 is 20.9 Å². The highest BCUT2D eigenvalue weighted by Gasteiger charge is 2.51. The molecule has 33 heavy (non-hydrogen) atoms. The van der Waals surface area contributed by atoms with Crippen molar-refractivity contribution in [1.82, 2.24) is 10.6 Å². The van der Waals surface area contributed by atoms with E-state index in [9.17, 15) is 38.1 Å². The minimum atomic E-state index is -3.29. The van der Waals surface area contributed by atoms with Crippen LogP contribution < -0.4 is 10.6 Å². The molecule has 1 aliphatic heterocycles. The molecule has 0 unspecified atom stereocenters. The summed E-state index contributed by atoms with van der Waals surface area (Å²) >= 11 is 0. The predicted molar refractivity (Wildman–Crippen MR) is 105 cm³/mol. The average Bonchev–Trinajstić information content (AvgIpc) is 2.75. The van der Waals surface area contributed by atoms with E-state index in [1.807, 2.05) is 5.32 Å². The number of ketones is 1. The number of rotatable bonds is 10. The Morgan fingerprint density at radius 1 is 1.27 bits per heavy atom. The fourth-order valence-electron chi connectivity index (χ4n) is 3.27. The molecule has 1 aliphatic rings. The fourth-order valence-corrected chi connectivity index (χ4v) is 3.27. The molecule has 176 valence electrons. The minimum absolute atomic E-state index is 0.178. The Bertz CT molecular complexity index is 1020. The van der Waals surface area contributed by atoms with Crippen LogP contribution in [0.15, 0.2) is 24.3 Å². The largest absolute Gasteiger partial charge is 0.452 e. The Labute approximate surface area is 185 Å². The topological polar surface area (TPSA) is 181 Å². The summed E-state index contributed by atoms with van der Waals surface area (Å²) < 4.78 is 29.8. The second-order valence-corrected chi connectivity index (χ2v) is 7.26. The van der Waals surface area contributed by atoms with Crippen LogP contribution in [-0.2, 0) is 30.5 Å². The molecule has 12 nitrogen and oxygen atoms in total. The highest BCUT2D eigenvalue weighted by molar-refractivity contribution is 6.62. The van der Waals surface area contributed by atoms with Gasteiger partial charge >= 0.3 is 18.1 Å². The van der Waals surface area contributed by atoms with Gasteiger partial charge in [0.15, 0.2) is 0 Å². The van der Waals surface area contributed by atoms with Gasteiger partial charge in [0.2, 0.25) is 5.91 Å². The maximum absolute atomic E-state index is 12.7. The summed E-state index contributed by atoms with van der Waals surface area (Å²) in [6, 6.07) is 3.06. The van der Waals surface area contributed by atoms with Gasteiger partial charge in [0, 0.05) is 24.1 Å². The zero-order valence-corrected chi connectivity index (χ0v) is 17.4. The molecule has 0 bridgehead atoms. The van der Waals surface area contributed by atoms with Crippen molar-refractivity contribution >= 4 is 35.0 Å². The van der Waals surface area contributed by atoms with Crippen molar-refractivity contribution < 1.29 is 42.4 Å². The number of carbonyl (C=O) groups excluding carboxylic acids is 4. The number of nitro benzene ring substituents is 1. The van der Waals surface area contributed by atoms with E-state index < -0.39 is 64.5 Å². The molecule has 2 rings (SSSR count). The molecule has 2 amide bonds. The molecule has 0 aromatic heterocycles. The smallest absolute Gasteiger partial charge is 0.441 e. The van der Waals surface area contributed by atoms with Crippen molar-refractivity contribution in [1.29, 1.82) is 0 Å². The number of benzene rings is 1. The van der Waals surface area contributed by atoms with Crippen LogP contribution in [0.25, 0.3) is 5.53 Å². The third-order valence-corrected chi connectivity index (χ3v) is 5.10. The van der Waals surface area contributed by atoms with E-state index in [1.54, 1.807) is 0 Å². The number of hydrogen-bond donors (Lipinski definition) is 2. The van der Waals surface area contributed by atoms with Crippen molar-refractivity contribution in [2.24, 2.45) is 11.8 Å². The standard InChI is InChI=1S/C19H19F2N5O7/c1-8(13-12(17(28)24-13)9(2)23-18(29)16(20)21)15(27)14(25-22)19(30)33-7-10-3-5-11(6-4-10)26(31)32/h3-6,8-9,12-13,16H,7H2,1-2H3,(H,23,29)(H,24,28)/t8-,9-,12-,13-/m1/s1. The molecule has 1 heterocycles. The van der Waals surface area contributed by atoms with Crippen LogP contribution in [0, 0.1) is 22.0 Å². The van der Waals surface area contributed by atoms with Crippen molar-refractivity contribution in [2.45, 2.75) is 39.0 Å². The maximum Gasteiger partial charge on any atom is 0.441 e. The molecule has 0 radical (unpaired) electrons. The Kier molecular flexibility index (Phi) is 8.02. The molecule has 4 atom stereocenters. The number of ether oxygens (including phenoxy) is 1. The molecule has 1 aromatic carbocycles. The number of halogens is 2. The van der Waals surface area contributed by atoms with Gasteiger partial charge in [-0.1, -0.05) is 6.92 Å². The molecule has 0 saturated carbocycles. The number of Topliss-reactive ketones (excluding diaryl/α,β-unsaturated/α-hetero) is 1. The van der Waals surface area contributed by atoms with Gasteiger partial charge in [-0.05, 0) is 24.6 Å². The van der Waals surface area contributed by atoms with Gasteiger partial charge in [-0.3, -0.25) is 24.5 Å². The van der Waals surface area contributed by atoms with E-state index in [2.05, 4.69) is 10.1 Å². The third kappa shape index (κ3) is 5.80. The number of esters is 1. The van der Waals surface area contributed by atoms with Gasteiger partial charge in [0.25, 0.3) is 17.4 Å². The Balaban J connectivity index is 2.02. The first-order valence-electron chi connectivity index (χ1n) is 9.53. The Hall–Kier alpha value is -4.06. The monoisotopic (exact) mass is 467 g/mol. The zero-order valence-electron chi connectivity index (χ0n) is 17.4. The second kappa shape index (κ2) is 10.5. The molecule has 1 aromatic rings. The fraction of sp³-hybridized carbons (Fsp3) is 0.421. The van der Waals surface area contributed by atoms with Gasteiger partial charge in [-0.25, -0.2) is 4.79 Å². The first-order valence-corrected chi connectivity index (χ1v) is 9.53. The van der Waals surface area contributed by atoms with Crippen molar-refractivity contribution in [3.8, 4) is 0 Å². The quantitative estimate of drug-likeness (QED) is 0.0729. The summed E-state index contributed by atoms with van der Waals surface area (Å²) in [5, 5.41) is 15.0. The molecule has 14 heteroatoms. The number of nitrogens with one attached hydrogen (secondary N) is 2. The van der Waals surface area contributed by atoms with Gasteiger partial charge in [0.05, 0.1) is 16.9 Å². The summed E-state index contributed by atoms with van der Waals surface area (Å²) in [6.07, 6.45) is -3.29. The molecular weight excluding hydrogens is 448 g/mol. The molecule has 1 fully saturated rings. The number of β-lactam (4-membered cyclic amide) rings is 1. The molecule has 1 saturated heterocycles. The van der Waals surface area contributed by atoms with Crippen molar-refractivity contribution in [3.63, 3.8) is 0 Å². The molecule has 0 aliphatic carbocycles. The Morgan fingerprint density at radius 2 is 1.88 bits per heavy atom. The lowest BCUT2D eigenvalue weighted by atomic mass is 9.75. The van der Waals surface area contributed by atoms with E-state index in [4.69, 9.17) is 10.3 Å². The number of nitro groups is 1. The Morgan fingerprint density at radius 3 is 2.36 bits per heavy atom. The molecule has 0 spiro atoms. The average molecular weight is 467 g/mol. The number of nitrogens with zero attached hydrogens (tertiary/aromatic N) is 3. The van der Waals surface area contributed by atoms with Crippen LogP contribution in [0.4, 0.5) is 14.5 Å². The molecular formula is C19H19F2N5O7. The summed E-state index contributed by atoms with van der Waals surface area (Å²) in [4.78, 5) is 60.7. The predicted octanol–water partition coefficient (Wildman–Crippen LogP) is 0.398. The lowest BCUT2D eigenvalue weighted by molar-refractivity contribution is -0.384. The maximum atomic E-state index is 12.7. The lowest BCUT2D eigenvalue weighted by Crippen LogP contribution is -2.68. The van der Waals surface area contributed by atoms with Crippen molar-refractivity contribution in [3.05, 3.63) is 45.5 Å². The van der Waals surface area contributed by atoms with E-state index in [1.165, 1.54) is 38.1 Å². The van der Waals surface area contributed by atoms with Gasteiger partial charge in [-0.2, -0.15) is 13.6 Å². The van der Waals surface area contributed by atoms with Crippen LogP contribution >= 0.6 is 0 Å². The minimum Gasteiger partial charge on any atom is -0.452 e.